The first-order chi connectivity index (χ1) is 8.97. The molecule has 0 unspecified atom stereocenters. The molecular formula is C10H11N5O2S2. The van der Waals surface area contributed by atoms with E-state index in [-0.39, 0.29) is 5.69 Å². The van der Waals surface area contributed by atoms with E-state index in [4.69, 9.17) is 0 Å². The van der Waals surface area contributed by atoms with Gasteiger partial charge in [0.1, 0.15) is 11.2 Å². The Morgan fingerprint density at radius 2 is 2.16 bits per heavy atom. The smallest absolute Gasteiger partial charge is 0.290 e. The van der Waals surface area contributed by atoms with Crippen molar-refractivity contribution in [2.24, 2.45) is 0 Å². The number of hydrogen-bond acceptors (Lipinski definition) is 8. The lowest BCUT2D eigenvalue weighted by Crippen LogP contribution is -2.07. The predicted octanol–water partition coefficient (Wildman–Crippen LogP) is 2.37. The Bertz CT molecular complexity index is 614. The fourth-order valence-electron chi connectivity index (χ4n) is 1.28. The summed E-state index contributed by atoms with van der Waals surface area (Å²) in [4.78, 5) is 16.2. The lowest BCUT2D eigenvalue weighted by Gasteiger charge is -2.03. The summed E-state index contributed by atoms with van der Waals surface area (Å²) in [5.74, 6) is 0. The molecule has 0 fully saturated rings. The van der Waals surface area contributed by atoms with Crippen molar-refractivity contribution < 1.29 is 4.92 Å². The molecule has 100 valence electrons. The van der Waals surface area contributed by atoms with E-state index in [1.54, 1.807) is 13.0 Å². The van der Waals surface area contributed by atoms with Crippen LogP contribution in [0.15, 0.2) is 21.6 Å². The minimum Gasteiger partial charge on any atom is -0.353 e. The van der Waals surface area contributed by atoms with Crippen LogP contribution in [0.4, 0.5) is 10.8 Å². The molecule has 0 amide bonds. The minimum atomic E-state index is -0.439. The molecule has 19 heavy (non-hydrogen) atoms. The normalized spacial score (nSPS) is 10.5. The van der Waals surface area contributed by atoms with E-state index >= 15 is 0 Å². The quantitative estimate of drug-likeness (QED) is 0.632. The highest BCUT2D eigenvalue weighted by molar-refractivity contribution is 8.01. The zero-order valence-corrected chi connectivity index (χ0v) is 12.2. The SMILES string of the molecule is Cc1cc(Sc2nnc(N(C)C)s2)ncc1[N+](=O)[O-]. The van der Waals surface area contributed by atoms with Crippen molar-refractivity contribution in [2.75, 3.05) is 19.0 Å². The van der Waals surface area contributed by atoms with Crippen LogP contribution in [-0.2, 0) is 0 Å². The molecule has 2 aromatic rings. The van der Waals surface area contributed by atoms with E-state index in [1.165, 1.54) is 29.3 Å². The predicted molar refractivity (Wildman–Crippen MR) is 74.0 cm³/mol. The van der Waals surface area contributed by atoms with Gasteiger partial charge in [-0.15, -0.1) is 10.2 Å². The molecular weight excluding hydrogens is 286 g/mol. The van der Waals surface area contributed by atoms with Crippen molar-refractivity contribution in [1.82, 2.24) is 15.2 Å². The molecule has 0 spiro atoms. The van der Waals surface area contributed by atoms with Crippen molar-refractivity contribution in [3.63, 3.8) is 0 Å². The van der Waals surface area contributed by atoms with Crippen molar-refractivity contribution in [3.8, 4) is 0 Å². The maximum atomic E-state index is 10.7. The van der Waals surface area contributed by atoms with E-state index < -0.39 is 4.92 Å². The Hall–Kier alpha value is -1.74. The van der Waals surface area contributed by atoms with Crippen LogP contribution in [0.1, 0.15) is 5.56 Å². The molecule has 0 atom stereocenters. The van der Waals surface area contributed by atoms with Crippen molar-refractivity contribution in [2.45, 2.75) is 16.3 Å². The van der Waals surface area contributed by atoms with Crippen LogP contribution in [0.2, 0.25) is 0 Å². The third-order valence-corrected chi connectivity index (χ3v) is 4.30. The summed E-state index contributed by atoms with van der Waals surface area (Å²) in [6.45, 7) is 1.69. The summed E-state index contributed by atoms with van der Waals surface area (Å²) in [5.41, 5.74) is 0.607. The van der Waals surface area contributed by atoms with E-state index in [2.05, 4.69) is 15.2 Å². The maximum absolute atomic E-state index is 10.7. The second-order valence-corrected chi connectivity index (χ2v) is 6.14. The Morgan fingerprint density at radius 1 is 1.42 bits per heavy atom. The van der Waals surface area contributed by atoms with Gasteiger partial charge in [0, 0.05) is 19.7 Å². The van der Waals surface area contributed by atoms with Gasteiger partial charge in [-0.2, -0.15) is 0 Å². The number of anilines is 1. The number of nitrogens with zero attached hydrogens (tertiary/aromatic N) is 5. The van der Waals surface area contributed by atoms with Crippen LogP contribution >= 0.6 is 23.1 Å². The third kappa shape index (κ3) is 3.18. The van der Waals surface area contributed by atoms with Crippen molar-refractivity contribution in [3.05, 3.63) is 27.9 Å². The molecule has 0 aromatic carbocycles. The van der Waals surface area contributed by atoms with Gasteiger partial charge in [-0.05, 0) is 24.8 Å². The number of aryl methyl sites for hydroxylation is 1. The van der Waals surface area contributed by atoms with Crippen molar-refractivity contribution >= 4 is 33.9 Å². The lowest BCUT2D eigenvalue weighted by atomic mass is 10.3. The summed E-state index contributed by atoms with van der Waals surface area (Å²) in [5, 5.41) is 20.2. The molecule has 2 aromatic heterocycles. The first-order valence-electron chi connectivity index (χ1n) is 5.27. The van der Waals surface area contributed by atoms with Crippen LogP contribution in [0.3, 0.4) is 0 Å². The van der Waals surface area contributed by atoms with Crippen molar-refractivity contribution in [1.29, 1.82) is 0 Å². The van der Waals surface area contributed by atoms with Gasteiger partial charge in [-0.25, -0.2) is 4.98 Å². The summed E-state index contributed by atoms with van der Waals surface area (Å²) in [6.07, 6.45) is 1.27. The Morgan fingerprint density at radius 3 is 2.68 bits per heavy atom. The Kier molecular flexibility index (Phi) is 3.96. The zero-order chi connectivity index (χ0) is 14.0. The molecule has 0 aliphatic carbocycles. The average molecular weight is 297 g/mol. The van der Waals surface area contributed by atoms with Crippen LogP contribution < -0.4 is 4.90 Å². The van der Waals surface area contributed by atoms with E-state index in [9.17, 15) is 10.1 Å². The van der Waals surface area contributed by atoms with Gasteiger partial charge in [0.2, 0.25) is 5.13 Å². The van der Waals surface area contributed by atoms with Gasteiger partial charge in [0.05, 0.1) is 4.92 Å². The molecule has 7 nitrogen and oxygen atoms in total. The zero-order valence-electron chi connectivity index (χ0n) is 10.5. The van der Waals surface area contributed by atoms with E-state index in [0.29, 0.717) is 10.6 Å². The molecule has 0 saturated carbocycles. The first-order valence-corrected chi connectivity index (χ1v) is 6.90. The van der Waals surface area contributed by atoms with E-state index in [0.717, 1.165) is 9.47 Å². The van der Waals surface area contributed by atoms with Gasteiger partial charge in [0.25, 0.3) is 5.69 Å². The Balaban J connectivity index is 2.19. The largest absolute Gasteiger partial charge is 0.353 e. The summed E-state index contributed by atoms with van der Waals surface area (Å²) in [6, 6.07) is 1.68. The molecule has 0 radical (unpaired) electrons. The van der Waals surface area contributed by atoms with Crippen LogP contribution in [0.5, 0.6) is 0 Å². The topological polar surface area (TPSA) is 85.0 Å². The molecule has 0 bridgehead atoms. The van der Waals surface area contributed by atoms with Gasteiger partial charge in [0.15, 0.2) is 4.34 Å². The lowest BCUT2D eigenvalue weighted by molar-refractivity contribution is -0.385. The molecule has 2 heterocycles. The van der Waals surface area contributed by atoms with Crippen LogP contribution in [0.25, 0.3) is 0 Å². The van der Waals surface area contributed by atoms with Crippen LogP contribution in [0, 0.1) is 17.0 Å². The number of pyridine rings is 1. The highest BCUT2D eigenvalue weighted by Crippen LogP contribution is 2.32. The van der Waals surface area contributed by atoms with Gasteiger partial charge in [-0.3, -0.25) is 10.1 Å². The summed E-state index contributed by atoms with van der Waals surface area (Å²) >= 11 is 2.79. The van der Waals surface area contributed by atoms with E-state index in [1.807, 2.05) is 19.0 Å². The summed E-state index contributed by atoms with van der Waals surface area (Å²) < 4.78 is 0.754. The molecule has 2 rings (SSSR count). The maximum Gasteiger partial charge on any atom is 0.290 e. The molecule has 0 aliphatic heterocycles. The number of nitro groups is 1. The summed E-state index contributed by atoms with van der Waals surface area (Å²) in [7, 11) is 3.78. The standard InChI is InChI=1S/C10H11N5O2S2/c1-6-4-8(11-5-7(6)15(16)17)18-10-13-12-9(19-10)14(2)3/h4-5H,1-3H3. The fourth-order valence-corrected chi connectivity index (χ4v) is 3.03. The highest BCUT2D eigenvalue weighted by Gasteiger charge is 2.13. The second kappa shape index (κ2) is 5.49. The molecule has 0 saturated heterocycles. The number of rotatable bonds is 4. The molecule has 0 N–H and O–H groups in total. The minimum absolute atomic E-state index is 0.0237. The van der Waals surface area contributed by atoms with Gasteiger partial charge < -0.3 is 4.90 Å². The molecule has 9 heteroatoms. The highest BCUT2D eigenvalue weighted by atomic mass is 32.2. The second-order valence-electron chi connectivity index (χ2n) is 3.91. The monoisotopic (exact) mass is 297 g/mol. The van der Waals surface area contributed by atoms with Crippen LogP contribution in [-0.4, -0.2) is 34.2 Å². The van der Waals surface area contributed by atoms with Gasteiger partial charge in [-0.1, -0.05) is 11.3 Å². The third-order valence-electron chi connectivity index (χ3n) is 2.23. The molecule has 0 aliphatic rings. The number of aromatic nitrogens is 3. The Labute approximate surface area is 117 Å². The fraction of sp³-hybridized carbons (Fsp3) is 0.300. The average Bonchev–Trinajstić information content (AvgIpc) is 2.77. The number of hydrogen-bond donors (Lipinski definition) is 0. The van der Waals surface area contributed by atoms with Gasteiger partial charge >= 0.3 is 0 Å². The first kappa shape index (κ1) is 13.7.